The van der Waals surface area contributed by atoms with Crippen LogP contribution in [-0.2, 0) is 6.54 Å². The SMILES string of the molecule is CC12CC3CC(C)(C1)CC(NCc1ccc(Br)cc1)(C3)C2. The van der Waals surface area contributed by atoms with Gasteiger partial charge in [0.2, 0.25) is 0 Å². The monoisotopic (exact) mass is 347 g/mol. The first-order chi connectivity index (χ1) is 9.88. The summed E-state index contributed by atoms with van der Waals surface area (Å²) < 4.78 is 1.17. The van der Waals surface area contributed by atoms with E-state index in [1.54, 1.807) is 0 Å². The predicted molar refractivity (Wildman–Crippen MR) is 91.1 cm³/mol. The standard InChI is InChI=1S/C19H26BrN/c1-17-7-15-8-18(2,11-17)13-19(9-15,12-17)21-10-14-3-5-16(20)6-4-14/h3-6,15,21H,7-13H2,1-2H3. The van der Waals surface area contributed by atoms with Gasteiger partial charge in [-0.25, -0.2) is 0 Å². The number of nitrogens with one attached hydrogen (secondary N) is 1. The first-order valence-electron chi connectivity index (χ1n) is 8.37. The van der Waals surface area contributed by atoms with Gasteiger partial charge in [0.25, 0.3) is 0 Å². The molecule has 21 heavy (non-hydrogen) atoms. The van der Waals surface area contributed by atoms with Crippen molar-refractivity contribution >= 4 is 15.9 Å². The molecule has 2 heteroatoms. The summed E-state index contributed by atoms with van der Waals surface area (Å²) in [5.74, 6) is 0.966. The largest absolute Gasteiger partial charge is 0.307 e. The van der Waals surface area contributed by atoms with Gasteiger partial charge in [0.1, 0.15) is 0 Å². The second-order valence-electron chi connectivity index (χ2n) is 8.89. The minimum Gasteiger partial charge on any atom is -0.307 e. The van der Waals surface area contributed by atoms with Crippen LogP contribution in [0.5, 0.6) is 0 Å². The average molecular weight is 348 g/mol. The van der Waals surface area contributed by atoms with E-state index in [0.717, 1.165) is 12.5 Å². The summed E-state index contributed by atoms with van der Waals surface area (Å²) in [5, 5.41) is 4.00. The molecule has 1 N–H and O–H groups in total. The first kappa shape index (κ1) is 14.3. The topological polar surface area (TPSA) is 12.0 Å². The summed E-state index contributed by atoms with van der Waals surface area (Å²) in [6.45, 7) is 6.11. The van der Waals surface area contributed by atoms with Crippen LogP contribution in [0.2, 0.25) is 0 Å². The molecule has 4 fully saturated rings. The lowest BCUT2D eigenvalue weighted by atomic mass is 9.43. The molecule has 1 aromatic rings. The van der Waals surface area contributed by atoms with E-state index in [1.165, 1.54) is 48.6 Å². The molecule has 4 aliphatic carbocycles. The predicted octanol–water partition coefficient (Wildman–Crippen LogP) is 5.29. The lowest BCUT2D eigenvalue weighted by molar-refractivity contribution is -0.118. The third-order valence-corrected chi connectivity index (χ3v) is 6.74. The highest BCUT2D eigenvalue weighted by atomic mass is 79.9. The van der Waals surface area contributed by atoms with Crippen molar-refractivity contribution < 1.29 is 0 Å². The molecule has 1 aromatic carbocycles. The third-order valence-electron chi connectivity index (χ3n) is 6.21. The van der Waals surface area contributed by atoms with Crippen molar-refractivity contribution in [3.8, 4) is 0 Å². The van der Waals surface area contributed by atoms with Crippen molar-refractivity contribution in [2.75, 3.05) is 0 Å². The zero-order valence-electron chi connectivity index (χ0n) is 13.2. The van der Waals surface area contributed by atoms with E-state index in [9.17, 15) is 0 Å². The van der Waals surface area contributed by atoms with E-state index < -0.39 is 0 Å². The van der Waals surface area contributed by atoms with Crippen molar-refractivity contribution in [3.05, 3.63) is 34.3 Å². The van der Waals surface area contributed by atoms with Gasteiger partial charge in [-0.15, -0.1) is 0 Å². The summed E-state index contributed by atoms with van der Waals surface area (Å²) in [7, 11) is 0. The van der Waals surface area contributed by atoms with Crippen LogP contribution in [0.15, 0.2) is 28.7 Å². The molecule has 0 amide bonds. The normalized spacial score (nSPS) is 44.2. The van der Waals surface area contributed by atoms with Crippen molar-refractivity contribution in [1.82, 2.24) is 5.32 Å². The van der Waals surface area contributed by atoms with Gasteiger partial charge < -0.3 is 5.32 Å². The summed E-state index contributed by atoms with van der Waals surface area (Å²) in [4.78, 5) is 0. The molecule has 1 nitrogen and oxygen atoms in total. The van der Waals surface area contributed by atoms with Crippen LogP contribution < -0.4 is 5.32 Å². The van der Waals surface area contributed by atoms with Gasteiger partial charge in [0.15, 0.2) is 0 Å². The van der Waals surface area contributed by atoms with Gasteiger partial charge in [-0.2, -0.15) is 0 Å². The van der Waals surface area contributed by atoms with Crippen molar-refractivity contribution in [1.29, 1.82) is 0 Å². The summed E-state index contributed by atoms with van der Waals surface area (Å²) in [6.07, 6.45) is 8.60. The van der Waals surface area contributed by atoms with E-state index in [1.807, 2.05) is 0 Å². The Bertz CT molecular complexity index is 531. The number of halogens is 1. The number of hydrogen-bond donors (Lipinski definition) is 1. The number of benzene rings is 1. The minimum absolute atomic E-state index is 0.413. The van der Waals surface area contributed by atoms with Gasteiger partial charge in [-0.05, 0) is 73.0 Å². The van der Waals surface area contributed by atoms with Crippen LogP contribution in [0, 0.1) is 16.7 Å². The van der Waals surface area contributed by atoms with E-state index >= 15 is 0 Å². The van der Waals surface area contributed by atoms with Crippen LogP contribution in [0.4, 0.5) is 0 Å². The lowest BCUT2D eigenvalue weighted by Crippen LogP contribution is -2.63. The quantitative estimate of drug-likeness (QED) is 0.783. The second kappa shape index (κ2) is 4.58. The molecule has 0 aromatic heterocycles. The molecule has 4 aliphatic rings. The van der Waals surface area contributed by atoms with E-state index in [-0.39, 0.29) is 0 Å². The van der Waals surface area contributed by atoms with E-state index in [0.29, 0.717) is 16.4 Å². The van der Waals surface area contributed by atoms with Gasteiger partial charge >= 0.3 is 0 Å². The van der Waals surface area contributed by atoms with Crippen LogP contribution in [-0.4, -0.2) is 5.54 Å². The lowest BCUT2D eigenvalue weighted by Gasteiger charge is -2.65. The average Bonchev–Trinajstić information content (AvgIpc) is 2.34. The van der Waals surface area contributed by atoms with Crippen LogP contribution in [0.1, 0.15) is 57.9 Å². The maximum atomic E-state index is 4.00. The second-order valence-corrected chi connectivity index (χ2v) is 9.81. The molecule has 0 spiro atoms. The highest BCUT2D eigenvalue weighted by Crippen LogP contribution is 2.66. The molecule has 0 saturated heterocycles. The molecule has 4 bridgehead atoms. The Kier molecular flexibility index (Phi) is 3.11. The molecule has 0 heterocycles. The number of hydrogen-bond acceptors (Lipinski definition) is 1. The summed E-state index contributed by atoms with van der Waals surface area (Å²) in [6, 6.07) is 8.78. The van der Waals surface area contributed by atoms with Gasteiger partial charge in [0.05, 0.1) is 0 Å². The molecule has 0 radical (unpaired) electrons. The Labute approximate surface area is 137 Å². The first-order valence-corrected chi connectivity index (χ1v) is 9.17. The maximum absolute atomic E-state index is 4.00. The van der Waals surface area contributed by atoms with E-state index in [2.05, 4.69) is 59.4 Å². The molecule has 2 atom stereocenters. The van der Waals surface area contributed by atoms with Crippen LogP contribution in [0.25, 0.3) is 0 Å². The minimum atomic E-state index is 0.413. The zero-order chi connectivity index (χ0) is 14.7. The smallest absolute Gasteiger partial charge is 0.0210 e. The Balaban J connectivity index is 1.53. The summed E-state index contributed by atoms with van der Waals surface area (Å²) >= 11 is 3.52. The molecule has 2 unspecified atom stereocenters. The molecule has 114 valence electrons. The highest BCUT2D eigenvalue weighted by molar-refractivity contribution is 9.10. The molecule has 5 rings (SSSR count). The van der Waals surface area contributed by atoms with E-state index in [4.69, 9.17) is 0 Å². The maximum Gasteiger partial charge on any atom is 0.0210 e. The molecule has 0 aliphatic heterocycles. The van der Waals surface area contributed by atoms with Gasteiger partial charge in [0, 0.05) is 16.6 Å². The van der Waals surface area contributed by atoms with Crippen molar-refractivity contribution in [2.24, 2.45) is 16.7 Å². The fourth-order valence-corrected chi connectivity index (χ4v) is 6.80. The third kappa shape index (κ3) is 2.59. The Morgan fingerprint density at radius 1 is 1.00 bits per heavy atom. The molecule has 4 saturated carbocycles. The van der Waals surface area contributed by atoms with Gasteiger partial charge in [-0.1, -0.05) is 41.9 Å². The fraction of sp³-hybridized carbons (Fsp3) is 0.684. The molecular weight excluding hydrogens is 322 g/mol. The van der Waals surface area contributed by atoms with Crippen molar-refractivity contribution in [3.63, 3.8) is 0 Å². The Morgan fingerprint density at radius 3 is 2.19 bits per heavy atom. The zero-order valence-corrected chi connectivity index (χ0v) is 14.8. The number of rotatable bonds is 3. The fourth-order valence-electron chi connectivity index (χ4n) is 6.54. The molecular formula is C19H26BrN. The van der Waals surface area contributed by atoms with Crippen LogP contribution >= 0.6 is 15.9 Å². The van der Waals surface area contributed by atoms with Crippen LogP contribution in [0.3, 0.4) is 0 Å². The summed E-state index contributed by atoms with van der Waals surface area (Å²) in [5.41, 5.74) is 3.02. The van der Waals surface area contributed by atoms with Crippen molar-refractivity contribution in [2.45, 2.75) is 64.5 Å². The Morgan fingerprint density at radius 2 is 1.62 bits per heavy atom. The highest BCUT2D eigenvalue weighted by Gasteiger charge is 2.59. The van der Waals surface area contributed by atoms with Gasteiger partial charge in [-0.3, -0.25) is 0 Å². The Hall–Kier alpha value is -0.340.